The van der Waals surface area contributed by atoms with E-state index in [1.165, 1.54) is 0 Å². The van der Waals surface area contributed by atoms with Gasteiger partial charge in [0.15, 0.2) is 0 Å². The third kappa shape index (κ3) is 5.35. The zero-order chi connectivity index (χ0) is 21.3. The number of hydrogen-bond acceptors (Lipinski definition) is 3. The molecule has 2 aromatic carbocycles. The van der Waals surface area contributed by atoms with E-state index in [4.69, 9.17) is 5.10 Å². The molecule has 0 aliphatic carbocycles. The van der Waals surface area contributed by atoms with Gasteiger partial charge in [-0.15, -0.1) is 0 Å². The molecule has 0 atom stereocenters. The summed E-state index contributed by atoms with van der Waals surface area (Å²) in [6, 6.07) is 21.3. The fourth-order valence-corrected chi connectivity index (χ4v) is 3.20. The maximum absolute atomic E-state index is 12.7. The average molecular weight is 405 g/mol. The van der Waals surface area contributed by atoms with Crippen molar-refractivity contribution in [3.8, 4) is 16.9 Å². The van der Waals surface area contributed by atoms with E-state index in [2.05, 4.69) is 5.32 Å². The third-order valence-electron chi connectivity index (χ3n) is 4.86. The summed E-state index contributed by atoms with van der Waals surface area (Å²) in [6.07, 6.45) is 2.25. The molecule has 3 rings (SSSR count). The Kier molecular flexibility index (Phi) is 7.38. The summed E-state index contributed by atoms with van der Waals surface area (Å²) in [5.74, 6) is 0.344. The molecule has 0 radical (unpaired) electrons. The van der Waals surface area contributed by atoms with Crippen LogP contribution in [-0.2, 0) is 9.59 Å². The maximum Gasteiger partial charge on any atom is 0.245 e. The molecule has 156 valence electrons. The van der Waals surface area contributed by atoms with Crippen molar-refractivity contribution in [2.24, 2.45) is 0 Å². The number of likely N-dealkylation sites (N-methyl/N-ethyl adjacent to an activating group) is 1. The van der Waals surface area contributed by atoms with Gasteiger partial charge in [-0.2, -0.15) is 5.10 Å². The third-order valence-corrected chi connectivity index (χ3v) is 4.86. The number of rotatable bonds is 9. The Morgan fingerprint density at radius 2 is 1.67 bits per heavy atom. The van der Waals surface area contributed by atoms with Gasteiger partial charge in [0.05, 0.1) is 17.9 Å². The van der Waals surface area contributed by atoms with Crippen LogP contribution in [0.5, 0.6) is 0 Å². The molecule has 6 nitrogen and oxygen atoms in total. The van der Waals surface area contributed by atoms with Crippen LogP contribution in [0.25, 0.3) is 16.9 Å². The topological polar surface area (TPSA) is 67.2 Å². The summed E-state index contributed by atoms with van der Waals surface area (Å²) in [7, 11) is 0. The summed E-state index contributed by atoms with van der Waals surface area (Å²) in [5.41, 5.74) is 2.58. The second-order valence-corrected chi connectivity index (χ2v) is 7.09. The first-order valence-electron chi connectivity index (χ1n) is 10.4. The zero-order valence-corrected chi connectivity index (χ0v) is 17.5. The molecule has 0 bridgehead atoms. The second-order valence-electron chi connectivity index (χ2n) is 7.09. The van der Waals surface area contributed by atoms with E-state index in [1.54, 1.807) is 9.58 Å². The van der Waals surface area contributed by atoms with Gasteiger partial charge in [-0.25, -0.2) is 4.68 Å². The van der Waals surface area contributed by atoms with Crippen LogP contribution in [0.15, 0.2) is 66.7 Å². The number of hydrogen-bond donors (Lipinski definition) is 1. The van der Waals surface area contributed by atoms with Gasteiger partial charge in [0.1, 0.15) is 5.82 Å². The van der Waals surface area contributed by atoms with Crippen LogP contribution in [0.3, 0.4) is 0 Å². The molecule has 0 unspecified atom stereocenters. The Hall–Kier alpha value is -3.41. The molecule has 0 aliphatic heterocycles. The van der Waals surface area contributed by atoms with Crippen LogP contribution in [0.1, 0.15) is 33.1 Å². The Morgan fingerprint density at radius 1 is 1.00 bits per heavy atom. The van der Waals surface area contributed by atoms with Crippen LogP contribution in [0.4, 0.5) is 5.82 Å². The lowest BCUT2D eigenvalue weighted by Gasteiger charge is -2.20. The summed E-state index contributed by atoms with van der Waals surface area (Å²) in [5, 5.41) is 7.64. The van der Waals surface area contributed by atoms with E-state index in [0.29, 0.717) is 18.8 Å². The lowest BCUT2D eigenvalue weighted by Crippen LogP contribution is -2.38. The highest BCUT2D eigenvalue weighted by Gasteiger charge is 2.18. The Labute approximate surface area is 177 Å². The van der Waals surface area contributed by atoms with E-state index in [1.807, 2.05) is 80.6 Å². The van der Waals surface area contributed by atoms with Gasteiger partial charge in [0, 0.05) is 24.6 Å². The molecule has 2 amide bonds. The summed E-state index contributed by atoms with van der Waals surface area (Å²) >= 11 is 0. The van der Waals surface area contributed by atoms with Crippen LogP contribution in [0, 0.1) is 0 Å². The summed E-state index contributed by atoms with van der Waals surface area (Å²) < 4.78 is 1.72. The summed E-state index contributed by atoms with van der Waals surface area (Å²) in [6.45, 7) is 4.47. The van der Waals surface area contributed by atoms with Crippen molar-refractivity contribution in [2.45, 2.75) is 33.1 Å². The van der Waals surface area contributed by atoms with Gasteiger partial charge in [0.2, 0.25) is 11.8 Å². The average Bonchev–Trinajstić information content (AvgIpc) is 3.20. The highest BCUT2D eigenvalue weighted by molar-refractivity contribution is 5.94. The minimum Gasteiger partial charge on any atom is -0.334 e. The number of anilines is 1. The quantitative estimate of drug-likeness (QED) is 0.570. The normalized spacial score (nSPS) is 10.6. The van der Waals surface area contributed by atoms with Crippen LogP contribution >= 0.6 is 0 Å². The van der Waals surface area contributed by atoms with Crippen LogP contribution in [0.2, 0.25) is 0 Å². The first-order chi connectivity index (χ1) is 14.6. The van der Waals surface area contributed by atoms with Gasteiger partial charge >= 0.3 is 0 Å². The summed E-state index contributed by atoms with van der Waals surface area (Å²) in [4.78, 5) is 26.7. The minimum atomic E-state index is -0.238. The van der Waals surface area contributed by atoms with E-state index in [9.17, 15) is 9.59 Å². The smallest absolute Gasteiger partial charge is 0.245 e. The van der Waals surface area contributed by atoms with Crippen molar-refractivity contribution in [1.82, 2.24) is 14.7 Å². The maximum atomic E-state index is 12.7. The number of nitrogens with zero attached hydrogens (tertiary/aromatic N) is 3. The fraction of sp³-hybridized carbons (Fsp3) is 0.292. The standard InChI is InChI=1S/C24H28N4O2/c1-3-5-16-24(30)27(4-2)18-23(29)25-22-17-21(19-12-8-6-9-13-19)26-28(22)20-14-10-7-11-15-20/h6-15,17H,3-5,16,18H2,1-2H3,(H,25,29). The van der Waals surface area contributed by atoms with Crippen LogP contribution in [-0.4, -0.2) is 39.6 Å². The Morgan fingerprint density at radius 3 is 2.30 bits per heavy atom. The van der Waals surface area contributed by atoms with E-state index in [-0.39, 0.29) is 18.4 Å². The Bertz CT molecular complexity index is 967. The van der Waals surface area contributed by atoms with Gasteiger partial charge in [-0.1, -0.05) is 61.9 Å². The van der Waals surface area contributed by atoms with Crippen molar-refractivity contribution >= 4 is 17.6 Å². The lowest BCUT2D eigenvalue weighted by atomic mass is 10.1. The molecule has 0 spiro atoms. The number of amides is 2. The van der Waals surface area contributed by atoms with Gasteiger partial charge in [-0.3, -0.25) is 9.59 Å². The number of carbonyl (C=O) groups is 2. The van der Waals surface area contributed by atoms with Crippen molar-refractivity contribution in [3.63, 3.8) is 0 Å². The SMILES string of the molecule is CCCCC(=O)N(CC)CC(=O)Nc1cc(-c2ccccc2)nn1-c1ccccc1. The van der Waals surface area contributed by atoms with Gasteiger partial charge < -0.3 is 10.2 Å². The van der Waals surface area contributed by atoms with E-state index in [0.717, 1.165) is 29.8 Å². The van der Waals surface area contributed by atoms with Gasteiger partial charge in [-0.05, 0) is 25.5 Å². The lowest BCUT2D eigenvalue weighted by molar-refractivity contribution is -0.134. The molecule has 0 saturated heterocycles. The molecule has 1 N–H and O–H groups in total. The monoisotopic (exact) mass is 404 g/mol. The Balaban J connectivity index is 1.82. The number of carbonyl (C=O) groups excluding carboxylic acids is 2. The number of nitrogens with one attached hydrogen (secondary N) is 1. The van der Waals surface area contributed by atoms with Crippen molar-refractivity contribution < 1.29 is 9.59 Å². The highest BCUT2D eigenvalue weighted by Crippen LogP contribution is 2.24. The molecule has 3 aromatic rings. The first-order valence-corrected chi connectivity index (χ1v) is 10.4. The van der Waals surface area contributed by atoms with Crippen molar-refractivity contribution in [2.75, 3.05) is 18.4 Å². The number of unbranched alkanes of at least 4 members (excludes halogenated alkanes) is 1. The molecule has 1 heterocycles. The number of aromatic nitrogens is 2. The minimum absolute atomic E-state index is 0.0102. The molecule has 0 fully saturated rings. The van der Waals surface area contributed by atoms with Gasteiger partial charge in [0.25, 0.3) is 0 Å². The first kappa shape index (κ1) is 21.3. The molecule has 1 aromatic heterocycles. The molecule has 6 heteroatoms. The fourth-order valence-electron chi connectivity index (χ4n) is 3.20. The molecule has 0 aliphatic rings. The zero-order valence-electron chi connectivity index (χ0n) is 17.5. The van der Waals surface area contributed by atoms with Crippen molar-refractivity contribution in [3.05, 3.63) is 66.7 Å². The number of benzene rings is 2. The molecule has 30 heavy (non-hydrogen) atoms. The number of para-hydroxylation sites is 1. The van der Waals surface area contributed by atoms with Crippen LogP contribution < -0.4 is 5.32 Å². The predicted octanol–water partition coefficient (Wildman–Crippen LogP) is 4.52. The van der Waals surface area contributed by atoms with E-state index < -0.39 is 0 Å². The molecule has 0 saturated carbocycles. The van der Waals surface area contributed by atoms with E-state index >= 15 is 0 Å². The second kappa shape index (κ2) is 10.4. The molecular weight excluding hydrogens is 376 g/mol. The predicted molar refractivity (Wildman–Crippen MR) is 119 cm³/mol. The van der Waals surface area contributed by atoms with Crippen molar-refractivity contribution in [1.29, 1.82) is 0 Å². The highest BCUT2D eigenvalue weighted by atomic mass is 16.2. The largest absolute Gasteiger partial charge is 0.334 e. The molecular formula is C24H28N4O2.